The number of hydrogen-bond donors (Lipinski definition) is 1. The second-order valence-corrected chi connectivity index (χ2v) is 6.11. The molecule has 134 valence electrons. The zero-order valence-electron chi connectivity index (χ0n) is 15.0. The SMILES string of the molecule is CCN(CC)[C@@H](CNC(=O)c1cccc(OC)c1)c1ccccc1Cl. The minimum absolute atomic E-state index is 0.0262. The van der Waals surface area contributed by atoms with Crippen LogP contribution in [0.15, 0.2) is 48.5 Å². The Labute approximate surface area is 154 Å². The molecule has 0 bridgehead atoms. The van der Waals surface area contributed by atoms with Gasteiger partial charge in [-0.1, -0.05) is 49.7 Å². The topological polar surface area (TPSA) is 41.6 Å². The quantitative estimate of drug-likeness (QED) is 0.768. The van der Waals surface area contributed by atoms with E-state index >= 15 is 0 Å². The van der Waals surface area contributed by atoms with E-state index in [1.54, 1.807) is 19.2 Å². The smallest absolute Gasteiger partial charge is 0.251 e. The Bertz CT molecular complexity index is 702. The number of hydrogen-bond acceptors (Lipinski definition) is 3. The number of carbonyl (C=O) groups is 1. The van der Waals surface area contributed by atoms with E-state index in [-0.39, 0.29) is 11.9 Å². The van der Waals surface area contributed by atoms with Crippen molar-refractivity contribution in [1.29, 1.82) is 0 Å². The molecule has 0 aliphatic rings. The third-order valence-corrected chi connectivity index (χ3v) is 4.65. The summed E-state index contributed by atoms with van der Waals surface area (Å²) in [4.78, 5) is 14.8. The van der Waals surface area contributed by atoms with Gasteiger partial charge in [-0.05, 0) is 42.9 Å². The molecule has 0 aliphatic heterocycles. The zero-order chi connectivity index (χ0) is 18.2. The molecule has 0 radical (unpaired) electrons. The molecule has 0 heterocycles. The monoisotopic (exact) mass is 360 g/mol. The number of amides is 1. The molecular formula is C20H25ClN2O2. The lowest BCUT2D eigenvalue weighted by Gasteiger charge is -2.31. The summed E-state index contributed by atoms with van der Waals surface area (Å²) >= 11 is 6.39. The van der Waals surface area contributed by atoms with Gasteiger partial charge in [0.15, 0.2) is 0 Å². The number of carbonyl (C=O) groups excluding carboxylic acids is 1. The number of halogens is 1. The molecule has 1 atom stereocenters. The second kappa shape index (κ2) is 9.44. The predicted octanol–water partition coefficient (Wildman–Crippen LogP) is 4.16. The van der Waals surface area contributed by atoms with Crippen molar-refractivity contribution >= 4 is 17.5 Å². The van der Waals surface area contributed by atoms with Crippen LogP contribution in [0.25, 0.3) is 0 Å². The second-order valence-electron chi connectivity index (χ2n) is 5.70. The average Bonchev–Trinajstić information content (AvgIpc) is 2.65. The van der Waals surface area contributed by atoms with Gasteiger partial charge in [-0.2, -0.15) is 0 Å². The maximum absolute atomic E-state index is 12.5. The van der Waals surface area contributed by atoms with Crippen molar-refractivity contribution in [1.82, 2.24) is 10.2 Å². The van der Waals surface area contributed by atoms with Crippen LogP contribution in [0.4, 0.5) is 0 Å². The summed E-state index contributed by atoms with van der Waals surface area (Å²) < 4.78 is 5.18. The first-order valence-corrected chi connectivity index (χ1v) is 8.89. The summed E-state index contributed by atoms with van der Waals surface area (Å²) in [7, 11) is 1.59. The molecule has 0 spiro atoms. The summed E-state index contributed by atoms with van der Waals surface area (Å²) in [6.45, 7) is 6.46. The van der Waals surface area contributed by atoms with Crippen LogP contribution >= 0.6 is 11.6 Å². The highest BCUT2D eigenvalue weighted by atomic mass is 35.5. The Morgan fingerprint density at radius 2 is 1.88 bits per heavy atom. The molecule has 2 aromatic carbocycles. The summed E-state index contributed by atoms with van der Waals surface area (Å²) in [5.74, 6) is 0.544. The maximum Gasteiger partial charge on any atom is 0.251 e. The number of nitrogens with zero attached hydrogens (tertiary/aromatic N) is 1. The van der Waals surface area contributed by atoms with Crippen LogP contribution in [-0.4, -0.2) is 37.6 Å². The fourth-order valence-electron chi connectivity index (χ4n) is 2.90. The van der Waals surface area contributed by atoms with Gasteiger partial charge in [0.25, 0.3) is 5.91 Å². The Balaban J connectivity index is 2.17. The fourth-order valence-corrected chi connectivity index (χ4v) is 3.16. The molecule has 0 aliphatic carbocycles. The normalized spacial score (nSPS) is 12.0. The zero-order valence-corrected chi connectivity index (χ0v) is 15.7. The van der Waals surface area contributed by atoms with Gasteiger partial charge >= 0.3 is 0 Å². The first-order chi connectivity index (χ1) is 12.1. The Morgan fingerprint density at radius 1 is 1.16 bits per heavy atom. The first-order valence-electron chi connectivity index (χ1n) is 8.51. The predicted molar refractivity (Wildman–Crippen MR) is 102 cm³/mol. The molecule has 0 fully saturated rings. The van der Waals surface area contributed by atoms with Crippen LogP contribution in [0, 0.1) is 0 Å². The van der Waals surface area contributed by atoms with Crippen molar-refractivity contribution in [3.63, 3.8) is 0 Å². The lowest BCUT2D eigenvalue weighted by molar-refractivity contribution is 0.0934. The third-order valence-electron chi connectivity index (χ3n) is 4.31. The van der Waals surface area contributed by atoms with E-state index < -0.39 is 0 Å². The first kappa shape index (κ1) is 19.3. The Kier molecular flexibility index (Phi) is 7.29. The number of ether oxygens (including phenoxy) is 1. The lowest BCUT2D eigenvalue weighted by Crippen LogP contribution is -2.38. The van der Waals surface area contributed by atoms with Crippen molar-refractivity contribution in [3.8, 4) is 5.75 Å². The van der Waals surface area contributed by atoms with Gasteiger partial charge in [-0.3, -0.25) is 9.69 Å². The minimum Gasteiger partial charge on any atom is -0.497 e. The van der Waals surface area contributed by atoms with E-state index in [9.17, 15) is 4.79 Å². The Hall–Kier alpha value is -2.04. The van der Waals surface area contributed by atoms with Crippen LogP contribution < -0.4 is 10.1 Å². The van der Waals surface area contributed by atoms with E-state index in [4.69, 9.17) is 16.3 Å². The molecule has 0 aromatic heterocycles. The summed E-state index contributed by atoms with van der Waals surface area (Å²) in [6.07, 6.45) is 0. The molecule has 25 heavy (non-hydrogen) atoms. The molecule has 4 nitrogen and oxygen atoms in total. The average molecular weight is 361 g/mol. The Morgan fingerprint density at radius 3 is 2.52 bits per heavy atom. The van der Waals surface area contributed by atoms with Crippen LogP contribution in [0.1, 0.15) is 35.8 Å². The van der Waals surface area contributed by atoms with Crippen molar-refractivity contribution in [3.05, 3.63) is 64.7 Å². The van der Waals surface area contributed by atoms with Crippen molar-refractivity contribution < 1.29 is 9.53 Å². The molecule has 0 unspecified atom stereocenters. The van der Waals surface area contributed by atoms with Crippen LogP contribution in [0.3, 0.4) is 0 Å². The largest absolute Gasteiger partial charge is 0.497 e. The van der Waals surface area contributed by atoms with E-state index in [0.29, 0.717) is 17.9 Å². The van der Waals surface area contributed by atoms with Crippen LogP contribution in [0.2, 0.25) is 5.02 Å². The van der Waals surface area contributed by atoms with Gasteiger partial charge in [-0.25, -0.2) is 0 Å². The van der Waals surface area contributed by atoms with Gasteiger partial charge < -0.3 is 10.1 Å². The number of benzene rings is 2. The summed E-state index contributed by atoms with van der Waals surface area (Å²) in [5.41, 5.74) is 1.61. The van der Waals surface area contributed by atoms with Gasteiger partial charge in [-0.15, -0.1) is 0 Å². The van der Waals surface area contributed by atoms with Crippen molar-refractivity contribution in [2.75, 3.05) is 26.7 Å². The minimum atomic E-state index is -0.122. The molecule has 2 aromatic rings. The van der Waals surface area contributed by atoms with Crippen molar-refractivity contribution in [2.45, 2.75) is 19.9 Å². The molecular weight excluding hydrogens is 336 g/mol. The molecule has 1 N–H and O–H groups in total. The van der Waals surface area contributed by atoms with Crippen LogP contribution in [-0.2, 0) is 0 Å². The number of rotatable bonds is 8. The van der Waals surface area contributed by atoms with E-state index in [1.165, 1.54) is 0 Å². The third kappa shape index (κ3) is 4.97. The molecule has 0 saturated carbocycles. The fraction of sp³-hybridized carbons (Fsp3) is 0.350. The highest BCUT2D eigenvalue weighted by molar-refractivity contribution is 6.31. The van der Waals surface area contributed by atoms with E-state index in [1.807, 2.05) is 36.4 Å². The lowest BCUT2D eigenvalue weighted by atomic mass is 10.0. The number of likely N-dealkylation sites (N-methyl/N-ethyl adjacent to an activating group) is 1. The summed E-state index contributed by atoms with van der Waals surface area (Å²) in [5, 5.41) is 3.75. The van der Waals surface area contributed by atoms with Gasteiger partial charge in [0.1, 0.15) is 5.75 Å². The summed E-state index contributed by atoms with van der Waals surface area (Å²) in [6, 6.07) is 15.0. The maximum atomic E-state index is 12.5. The molecule has 2 rings (SSSR count). The van der Waals surface area contributed by atoms with E-state index in [0.717, 1.165) is 23.7 Å². The number of nitrogens with one attached hydrogen (secondary N) is 1. The van der Waals surface area contributed by atoms with Crippen molar-refractivity contribution in [2.24, 2.45) is 0 Å². The number of methoxy groups -OCH3 is 1. The highest BCUT2D eigenvalue weighted by Crippen LogP contribution is 2.27. The molecule has 5 heteroatoms. The van der Waals surface area contributed by atoms with Gasteiger partial charge in [0, 0.05) is 17.1 Å². The van der Waals surface area contributed by atoms with Gasteiger partial charge in [0.05, 0.1) is 13.2 Å². The highest BCUT2D eigenvalue weighted by Gasteiger charge is 2.21. The van der Waals surface area contributed by atoms with Gasteiger partial charge in [0.2, 0.25) is 0 Å². The molecule has 0 saturated heterocycles. The van der Waals surface area contributed by atoms with E-state index in [2.05, 4.69) is 24.1 Å². The van der Waals surface area contributed by atoms with Crippen LogP contribution in [0.5, 0.6) is 5.75 Å². The standard InChI is InChI=1S/C20H25ClN2O2/c1-4-23(5-2)19(17-11-6-7-12-18(17)21)14-22-20(24)15-9-8-10-16(13-15)25-3/h6-13,19H,4-5,14H2,1-3H3,(H,22,24)/t19-/m0/s1. The molecule has 1 amide bonds.